The summed E-state index contributed by atoms with van der Waals surface area (Å²) in [5.41, 5.74) is 0.641. The lowest BCUT2D eigenvalue weighted by Crippen LogP contribution is -2.14. The molecular weight excluding hydrogens is 514 g/mol. The Labute approximate surface area is 214 Å². The summed E-state index contributed by atoms with van der Waals surface area (Å²) in [5, 5.41) is 18.6. The normalized spacial score (nSPS) is 10.7. The Kier molecular flexibility index (Phi) is 7.37. The fraction of sp³-hybridized carbons (Fsp3) is 0.0833. The number of hydrogen-bond acceptors (Lipinski definition) is 6. The number of aromatic nitrogens is 2. The van der Waals surface area contributed by atoms with Crippen molar-refractivity contribution in [1.82, 2.24) is 9.78 Å². The zero-order valence-corrected chi connectivity index (χ0v) is 20.1. The maximum absolute atomic E-state index is 13.3. The summed E-state index contributed by atoms with van der Waals surface area (Å²) in [5.74, 6) is -0.240. The molecule has 1 amide bonds. The molecule has 12 heteroatoms. The first kappa shape index (κ1) is 25.0. The van der Waals surface area contributed by atoms with Crippen LogP contribution in [0.15, 0.2) is 66.9 Å². The Morgan fingerprint density at radius 1 is 1.11 bits per heavy atom. The fourth-order valence-corrected chi connectivity index (χ4v) is 3.53. The van der Waals surface area contributed by atoms with Crippen molar-refractivity contribution >= 4 is 40.5 Å². The summed E-state index contributed by atoms with van der Waals surface area (Å²) in [6.07, 6.45) is 1.51. The van der Waals surface area contributed by atoms with Crippen molar-refractivity contribution in [2.75, 3.05) is 5.32 Å². The predicted octanol–water partition coefficient (Wildman–Crippen LogP) is 6.63. The van der Waals surface area contributed by atoms with E-state index in [0.29, 0.717) is 16.5 Å². The first-order valence-electron chi connectivity index (χ1n) is 10.3. The van der Waals surface area contributed by atoms with Gasteiger partial charge in [0.1, 0.15) is 23.1 Å². The highest BCUT2D eigenvalue weighted by atomic mass is 35.5. The molecule has 1 heterocycles. The molecule has 0 spiro atoms. The molecule has 184 valence electrons. The summed E-state index contributed by atoms with van der Waals surface area (Å²) in [4.78, 5) is 23.5. The molecule has 9 nitrogen and oxygen atoms in total. The molecule has 0 aliphatic heterocycles. The molecule has 0 atom stereocenters. The van der Waals surface area contributed by atoms with E-state index in [1.54, 1.807) is 25.1 Å². The largest absolute Gasteiger partial charge is 0.471 e. The van der Waals surface area contributed by atoms with Gasteiger partial charge in [-0.15, -0.1) is 0 Å². The van der Waals surface area contributed by atoms with E-state index in [2.05, 4.69) is 10.4 Å². The Morgan fingerprint density at radius 2 is 1.92 bits per heavy atom. The van der Waals surface area contributed by atoms with E-state index in [1.807, 2.05) is 0 Å². The molecular formula is C24H17Cl2FN4O5. The number of anilines is 1. The topological polar surface area (TPSA) is 109 Å². The van der Waals surface area contributed by atoms with Crippen molar-refractivity contribution in [3.05, 3.63) is 104 Å². The van der Waals surface area contributed by atoms with Crippen LogP contribution >= 0.6 is 23.2 Å². The Hall–Kier alpha value is -4.15. The van der Waals surface area contributed by atoms with Gasteiger partial charge in [0.2, 0.25) is 0 Å². The molecule has 0 unspecified atom stereocenters. The van der Waals surface area contributed by atoms with Crippen LogP contribution in [0.3, 0.4) is 0 Å². The van der Waals surface area contributed by atoms with Crippen LogP contribution < -0.4 is 14.8 Å². The van der Waals surface area contributed by atoms with Crippen LogP contribution in [0.5, 0.6) is 17.2 Å². The van der Waals surface area contributed by atoms with Gasteiger partial charge in [0.25, 0.3) is 11.6 Å². The van der Waals surface area contributed by atoms with Gasteiger partial charge in [-0.1, -0.05) is 23.2 Å². The molecule has 36 heavy (non-hydrogen) atoms. The third kappa shape index (κ3) is 6.09. The minimum absolute atomic E-state index is 0.0401. The van der Waals surface area contributed by atoms with Crippen molar-refractivity contribution in [3.8, 4) is 17.2 Å². The maximum Gasteiger partial charge on any atom is 0.276 e. The number of ether oxygens (including phenoxy) is 2. The van der Waals surface area contributed by atoms with Crippen LogP contribution in [-0.2, 0) is 6.73 Å². The van der Waals surface area contributed by atoms with Crippen molar-refractivity contribution in [2.24, 2.45) is 0 Å². The van der Waals surface area contributed by atoms with E-state index >= 15 is 0 Å². The highest BCUT2D eigenvalue weighted by Gasteiger charge is 2.16. The summed E-state index contributed by atoms with van der Waals surface area (Å²) in [6, 6.07) is 14.2. The zero-order chi connectivity index (χ0) is 25.8. The number of benzene rings is 3. The second-order valence-electron chi connectivity index (χ2n) is 7.53. The summed E-state index contributed by atoms with van der Waals surface area (Å²) in [7, 11) is 0. The molecule has 4 aromatic rings. The van der Waals surface area contributed by atoms with Gasteiger partial charge in [-0.2, -0.15) is 5.10 Å². The smallest absolute Gasteiger partial charge is 0.276 e. The number of halogens is 3. The van der Waals surface area contributed by atoms with Gasteiger partial charge in [0, 0.05) is 29.4 Å². The minimum Gasteiger partial charge on any atom is -0.471 e. The molecule has 1 N–H and O–H groups in total. The van der Waals surface area contributed by atoms with Crippen molar-refractivity contribution in [1.29, 1.82) is 0 Å². The van der Waals surface area contributed by atoms with Crippen molar-refractivity contribution in [2.45, 2.75) is 13.7 Å². The van der Waals surface area contributed by atoms with E-state index in [4.69, 9.17) is 32.7 Å². The van der Waals surface area contributed by atoms with Crippen LogP contribution in [0, 0.1) is 22.9 Å². The van der Waals surface area contributed by atoms with Gasteiger partial charge in [-0.25, -0.2) is 9.07 Å². The number of non-ortho nitro benzene ring substituents is 1. The number of nitro benzene ring substituents is 1. The highest BCUT2D eigenvalue weighted by molar-refractivity contribution is 6.31. The molecule has 0 fully saturated rings. The molecule has 1 aromatic heterocycles. The number of rotatable bonds is 8. The number of hydrogen-bond donors (Lipinski definition) is 1. The number of carbonyl (C=O) groups excluding carboxylic acids is 1. The molecule has 0 saturated heterocycles. The maximum atomic E-state index is 13.3. The van der Waals surface area contributed by atoms with E-state index in [9.17, 15) is 19.3 Å². The molecule has 0 saturated carbocycles. The lowest BCUT2D eigenvalue weighted by molar-refractivity contribution is -0.384. The predicted molar refractivity (Wildman–Crippen MR) is 132 cm³/mol. The van der Waals surface area contributed by atoms with Crippen molar-refractivity contribution in [3.63, 3.8) is 0 Å². The second kappa shape index (κ2) is 10.6. The lowest BCUT2D eigenvalue weighted by Gasteiger charge is -2.11. The van der Waals surface area contributed by atoms with E-state index in [0.717, 1.165) is 5.56 Å². The lowest BCUT2D eigenvalue weighted by atomic mass is 10.2. The molecule has 0 bridgehead atoms. The third-order valence-electron chi connectivity index (χ3n) is 4.85. The number of nitrogens with one attached hydrogen (secondary N) is 1. The monoisotopic (exact) mass is 530 g/mol. The van der Waals surface area contributed by atoms with Gasteiger partial charge < -0.3 is 14.8 Å². The van der Waals surface area contributed by atoms with Crippen LogP contribution in [0.4, 0.5) is 15.8 Å². The Balaban J connectivity index is 1.47. The van der Waals surface area contributed by atoms with E-state index < -0.39 is 16.6 Å². The first-order valence-corrected chi connectivity index (χ1v) is 11.1. The number of nitrogens with zero attached hydrogens (tertiary/aromatic N) is 3. The van der Waals surface area contributed by atoms with Gasteiger partial charge in [-0.05, 0) is 48.9 Å². The Bertz CT molecular complexity index is 1460. The molecule has 0 aliphatic carbocycles. The highest BCUT2D eigenvalue weighted by Crippen LogP contribution is 2.32. The van der Waals surface area contributed by atoms with Gasteiger partial charge >= 0.3 is 0 Å². The van der Waals surface area contributed by atoms with Crippen LogP contribution in [0.2, 0.25) is 10.0 Å². The van der Waals surface area contributed by atoms with Crippen LogP contribution in [0.1, 0.15) is 16.1 Å². The summed E-state index contributed by atoms with van der Waals surface area (Å²) in [6.45, 7) is 1.72. The number of nitro groups is 1. The Morgan fingerprint density at radius 3 is 2.64 bits per heavy atom. The van der Waals surface area contributed by atoms with Crippen LogP contribution in [-0.4, -0.2) is 20.6 Å². The molecule has 0 aliphatic rings. The number of carbonyl (C=O) groups is 1. The van der Waals surface area contributed by atoms with E-state index in [1.165, 1.54) is 53.3 Å². The fourth-order valence-electron chi connectivity index (χ4n) is 3.13. The molecule has 4 rings (SSSR count). The van der Waals surface area contributed by atoms with Crippen molar-refractivity contribution < 1.29 is 23.6 Å². The first-order chi connectivity index (χ1) is 17.2. The summed E-state index contributed by atoms with van der Waals surface area (Å²) >= 11 is 11.7. The average molecular weight is 531 g/mol. The second-order valence-corrected chi connectivity index (χ2v) is 8.37. The van der Waals surface area contributed by atoms with E-state index in [-0.39, 0.29) is 34.6 Å². The van der Waals surface area contributed by atoms with Gasteiger partial charge in [0.05, 0.1) is 21.7 Å². The van der Waals surface area contributed by atoms with Gasteiger partial charge in [-0.3, -0.25) is 14.9 Å². The molecule has 0 radical (unpaired) electrons. The minimum atomic E-state index is -0.604. The SMILES string of the molecule is Cc1cc(Cl)ccc1Oc1cc(NC(=O)c2ccn(COc3ccc(F)c(Cl)c3)n2)cc([N+](=O)[O-])c1. The third-order valence-corrected chi connectivity index (χ3v) is 5.38. The summed E-state index contributed by atoms with van der Waals surface area (Å²) < 4.78 is 25.9. The van der Waals surface area contributed by atoms with Gasteiger partial charge in [0.15, 0.2) is 12.4 Å². The standard InChI is InChI=1S/C24H17Cl2FN4O5/c1-14-8-15(25)2-5-23(14)36-19-10-16(9-17(11-19)31(33)34)28-24(32)22-6-7-30(29-22)13-35-18-3-4-21(27)20(26)12-18/h2-12H,13H2,1H3,(H,28,32). The number of aryl methyl sites for hydroxylation is 1. The quantitative estimate of drug-likeness (QED) is 0.202. The number of amides is 1. The van der Waals surface area contributed by atoms with Crippen LogP contribution in [0.25, 0.3) is 0 Å². The average Bonchev–Trinajstić information content (AvgIpc) is 3.31. The zero-order valence-electron chi connectivity index (χ0n) is 18.6. The molecule has 3 aromatic carbocycles.